The van der Waals surface area contributed by atoms with Gasteiger partial charge in [-0.25, -0.2) is 4.98 Å². The highest BCUT2D eigenvalue weighted by atomic mass is 16.5. The van der Waals surface area contributed by atoms with Gasteiger partial charge in [0.25, 0.3) is 0 Å². The maximum atomic E-state index is 11.9. The first-order valence-corrected chi connectivity index (χ1v) is 5.06. The zero-order chi connectivity index (χ0) is 12.3. The second-order valence-electron chi connectivity index (χ2n) is 3.54. The number of phenols is 1. The Kier molecular flexibility index (Phi) is 3.09. The molecule has 0 aliphatic heterocycles. The van der Waals surface area contributed by atoms with E-state index >= 15 is 0 Å². The van der Waals surface area contributed by atoms with Crippen molar-refractivity contribution in [1.82, 2.24) is 9.55 Å². The molecule has 0 saturated carbocycles. The molecule has 0 aliphatic rings. The maximum absolute atomic E-state index is 11.9. The zero-order valence-electron chi connectivity index (χ0n) is 9.33. The fraction of sp³-hybridized carbons (Fsp3) is 0.167. The van der Waals surface area contributed by atoms with Gasteiger partial charge in [0.2, 0.25) is 0 Å². The molecule has 2 aromatic rings. The second kappa shape index (κ2) is 4.69. The lowest BCUT2D eigenvalue weighted by Gasteiger charge is -2.06. The molecule has 1 aromatic heterocycles. The largest absolute Gasteiger partial charge is 0.507 e. The monoisotopic (exact) mass is 232 g/mol. The number of methoxy groups -OCH3 is 1. The van der Waals surface area contributed by atoms with Crippen molar-refractivity contribution >= 4 is 5.78 Å². The number of carbonyl (C=O) groups excluding carboxylic acids is 1. The number of aromatic hydroxyl groups is 1. The van der Waals surface area contributed by atoms with E-state index in [1.54, 1.807) is 29.4 Å². The summed E-state index contributed by atoms with van der Waals surface area (Å²) in [4.78, 5) is 15.8. The number of ketones is 1. The molecule has 2 rings (SSSR count). The summed E-state index contributed by atoms with van der Waals surface area (Å²) >= 11 is 0. The summed E-state index contributed by atoms with van der Waals surface area (Å²) in [6, 6.07) is 4.57. The van der Waals surface area contributed by atoms with E-state index in [1.165, 1.54) is 19.2 Å². The molecule has 0 saturated heterocycles. The number of ether oxygens (including phenoxy) is 1. The van der Waals surface area contributed by atoms with Crippen LogP contribution < -0.4 is 4.74 Å². The Morgan fingerprint density at radius 1 is 1.53 bits per heavy atom. The van der Waals surface area contributed by atoms with Gasteiger partial charge in [-0.15, -0.1) is 0 Å². The lowest BCUT2D eigenvalue weighted by Crippen LogP contribution is -2.09. The van der Waals surface area contributed by atoms with Crippen molar-refractivity contribution in [2.45, 2.75) is 6.54 Å². The van der Waals surface area contributed by atoms with Crippen LogP contribution >= 0.6 is 0 Å². The van der Waals surface area contributed by atoms with E-state index in [4.69, 9.17) is 4.74 Å². The van der Waals surface area contributed by atoms with Gasteiger partial charge >= 0.3 is 0 Å². The normalized spacial score (nSPS) is 10.2. The minimum Gasteiger partial charge on any atom is -0.507 e. The van der Waals surface area contributed by atoms with Gasteiger partial charge in [-0.05, 0) is 18.2 Å². The maximum Gasteiger partial charge on any atom is 0.186 e. The lowest BCUT2D eigenvalue weighted by molar-refractivity contribution is 0.0969. The average molecular weight is 232 g/mol. The van der Waals surface area contributed by atoms with Crippen LogP contribution in [0.2, 0.25) is 0 Å². The van der Waals surface area contributed by atoms with Crippen molar-refractivity contribution in [3.63, 3.8) is 0 Å². The molecule has 0 aliphatic carbocycles. The van der Waals surface area contributed by atoms with Gasteiger partial charge in [0.15, 0.2) is 5.78 Å². The van der Waals surface area contributed by atoms with E-state index in [0.29, 0.717) is 5.75 Å². The summed E-state index contributed by atoms with van der Waals surface area (Å²) in [7, 11) is 1.51. The molecule has 0 amide bonds. The van der Waals surface area contributed by atoms with Crippen molar-refractivity contribution in [3.05, 3.63) is 42.5 Å². The van der Waals surface area contributed by atoms with Gasteiger partial charge in [-0.3, -0.25) is 4.79 Å². The van der Waals surface area contributed by atoms with Crippen LogP contribution in [-0.2, 0) is 6.54 Å². The molecule has 5 heteroatoms. The van der Waals surface area contributed by atoms with E-state index in [0.717, 1.165) is 0 Å². The fourth-order valence-corrected chi connectivity index (χ4v) is 1.50. The first kappa shape index (κ1) is 11.2. The van der Waals surface area contributed by atoms with Crippen LogP contribution in [0, 0.1) is 0 Å². The molecule has 0 bridgehead atoms. The van der Waals surface area contributed by atoms with Gasteiger partial charge in [-0.1, -0.05) is 0 Å². The third-order valence-electron chi connectivity index (χ3n) is 2.39. The van der Waals surface area contributed by atoms with Crippen molar-refractivity contribution in [2.24, 2.45) is 0 Å². The van der Waals surface area contributed by atoms with Crippen molar-refractivity contribution in [2.75, 3.05) is 7.11 Å². The molecule has 17 heavy (non-hydrogen) atoms. The second-order valence-corrected chi connectivity index (χ2v) is 3.54. The smallest absolute Gasteiger partial charge is 0.186 e. The first-order chi connectivity index (χ1) is 8.20. The molecule has 1 heterocycles. The van der Waals surface area contributed by atoms with Gasteiger partial charge in [-0.2, -0.15) is 0 Å². The van der Waals surface area contributed by atoms with Crippen molar-refractivity contribution < 1.29 is 14.6 Å². The number of rotatable bonds is 4. The fourth-order valence-electron chi connectivity index (χ4n) is 1.50. The highest BCUT2D eigenvalue weighted by Gasteiger charge is 2.12. The summed E-state index contributed by atoms with van der Waals surface area (Å²) < 4.78 is 6.65. The minimum absolute atomic E-state index is 0.0454. The number of imidazole rings is 1. The number of phenolic OH excluding ortho intramolecular Hbond substituents is 1. The number of nitrogens with zero attached hydrogens (tertiary/aromatic N) is 2. The van der Waals surface area contributed by atoms with Crippen LogP contribution in [0.25, 0.3) is 0 Å². The molecular formula is C12H12N2O3. The summed E-state index contributed by atoms with van der Waals surface area (Å²) in [5, 5.41) is 9.63. The van der Waals surface area contributed by atoms with E-state index in [9.17, 15) is 9.90 Å². The molecule has 1 N–H and O–H groups in total. The van der Waals surface area contributed by atoms with Crippen molar-refractivity contribution in [1.29, 1.82) is 0 Å². The molecule has 0 radical (unpaired) electrons. The van der Waals surface area contributed by atoms with Gasteiger partial charge in [0, 0.05) is 12.4 Å². The van der Waals surface area contributed by atoms with Crippen LogP contribution in [-0.4, -0.2) is 27.6 Å². The lowest BCUT2D eigenvalue weighted by atomic mass is 10.1. The van der Waals surface area contributed by atoms with Crippen LogP contribution in [0.15, 0.2) is 36.9 Å². The summed E-state index contributed by atoms with van der Waals surface area (Å²) in [5.41, 5.74) is 0.248. The van der Waals surface area contributed by atoms with Crippen LogP contribution in [0.4, 0.5) is 0 Å². The Labute approximate surface area is 98.3 Å². The van der Waals surface area contributed by atoms with E-state index in [-0.39, 0.29) is 23.6 Å². The van der Waals surface area contributed by atoms with E-state index in [2.05, 4.69) is 4.98 Å². The number of carbonyl (C=O) groups is 1. The van der Waals surface area contributed by atoms with Gasteiger partial charge in [0.1, 0.15) is 11.5 Å². The summed E-state index contributed by atoms with van der Waals surface area (Å²) in [5.74, 6) is 0.298. The summed E-state index contributed by atoms with van der Waals surface area (Å²) in [6.07, 6.45) is 4.84. The number of hydrogen-bond donors (Lipinski definition) is 1. The van der Waals surface area contributed by atoms with E-state index in [1.807, 2.05) is 0 Å². The average Bonchev–Trinajstić information content (AvgIpc) is 2.82. The number of benzene rings is 1. The Hall–Kier alpha value is -2.30. The molecule has 0 unspecified atom stereocenters. The molecular weight excluding hydrogens is 220 g/mol. The Morgan fingerprint density at radius 3 is 3.00 bits per heavy atom. The summed E-state index contributed by atoms with van der Waals surface area (Å²) in [6.45, 7) is 0.140. The van der Waals surface area contributed by atoms with Crippen LogP contribution in [0.5, 0.6) is 11.5 Å². The topological polar surface area (TPSA) is 64.3 Å². The Bertz CT molecular complexity index is 521. The van der Waals surface area contributed by atoms with E-state index < -0.39 is 0 Å². The highest BCUT2D eigenvalue weighted by molar-refractivity contribution is 5.98. The Morgan fingerprint density at radius 2 is 2.35 bits per heavy atom. The van der Waals surface area contributed by atoms with Gasteiger partial charge < -0.3 is 14.4 Å². The first-order valence-electron chi connectivity index (χ1n) is 5.06. The SMILES string of the molecule is COc1ccc(O)c(C(=O)Cn2ccnc2)c1. The van der Waals surface area contributed by atoms with Crippen LogP contribution in [0.1, 0.15) is 10.4 Å². The molecule has 0 spiro atoms. The standard InChI is InChI=1S/C12H12N2O3/c1-17-9-2-3-11(15)10(6-9)12(16)7-14-5-4-13-8-14/h2-6,8,15H,7H2,1H3. The van der Waals surface area contributed by atoms with Crippen LogP contribution in [0.3, 0.4) is 0 Å². The predicted molar refractivity (Wildman–Crippen MR) is 61.2 cm³/mol. The molecule has 0 fully saturated rings. The third-order valence-corrected chi connectivity index (χ3v) is 2.39. The number of hydrogen-bond acceptors (Lipinski definition) is 4. The third kappa shape index (κ3) is 2.44. The zero-order valence-corrected chi connectivity index (χ0v) is 9.33. The highest BCUT2D eigenvalue weighted by Crippen LogP contribution is 2.23. The van der Waals surface area contributed by atoms with Gasteiger partial charge in [0.05, 0.1) is 25.5 Å². The molecule has 5 nitrogen and oxygen atoms in total. The molecule has 88 valence electrons. The number of Topliss-reactive ketones (excluding diaryl/α,β-unsaturated/α-hetero) is 1. The quantitative estimate of drug-likeness (QED) is 0.811. The van der Waals surface area contributed by atoms with Crippen molar-refractivity contribution in [3.8, 4) is 11.5 Å². The number of aromatic nitrogens is 2. The molecule has 1 aromatic carbocycles. The Balaban J connectivity index is 2.24. The molecule has 0 atom stereocenters. The predicted octanol–water partition coefficient (Wildman–Crippen LogP) is 1.48. The minimum atomic E-state index is -0.195.